The van der Waals surface area contributed by atoms with Gasteiger partial charge >= 0.3 is 5.97 Å². The maximum absolute atomic E-state index is 13.0. The molecule has 0 aromatic carbocycles. The van der Waals surface area contributed by atoms with Crippen molar-refractivity contribution in [3.8, 4) is 0 Å². The molecule has 3 heterocycles. The highest BCUT2D eigenvalue weighted by Crippen LogP contribution is 2.89. The van der Waals surface area contributed by atoms with Gasteiger partial charge in [0.15, 0.2) is 18.2 Å². The number of aliphatic hydroxyl groups is 2. The lowest BCUT2D eigenvalue weighted by Gasteiger charge is -2.64. The first kappa shape index (κ1) is 36.0. The van der Waals surface area contributed by atoms with E-state index in [2.05, 4.69) is 34.6 Å². The Morgan fingerprint density at radius 3 is 2.47 bits per heavy atom. The van der Waals surface area contributed by atoms with Crippen LogP contribution < -0.4 is 0 Å². The fourth-order valence-corrected chi connectivity index (χ4v) is 14.2. The Balaban J connectivity index is 1.01. The van der Waals surface area contributed by atoms with Crippen LogP contribution in [0.2, 0.25) is 0 Å². The smallest absolute Gasteiger partial charge is 0.303 e. The van der Waals surface area contributed by atoms with Gasteiger partial charge in [0.2, 0.25) is 0 Å². The minimum atomic E-state index is -1.27. The molecule has 2 spiro atoms. The van der Waals surface area contributed by atoms with E-state index in [1.54, 1.807) is 30.9 Å². The second-order valence-corrected chi connectivity index (χ2v) is 19.4. The molecule has 10 nitrogen and oxygen atoms in total. The number of hydrogen-bond acceptors (Lipinski definition) is 9. The fourth-order valence-electron chi connectivity index (χ4n) is 14.2. The molecule has 0 bridgehead atoms. The zero-order chi connectivity index (χ0) is 36.5. The van der Waals surface area contributed by atoms with Gasteiger partial charge in [-0.25, -0.2) is 0 Å². The summed E-state index contributed by atoms with van der Waals surface area (Å²) in [5.41, 5.74) is -1.31. The van der Waals surface area contributed by atoms with Crippen LogP contribution in [-0.4, -0.2) is 89.1 Å². The molecule has 10 heteroatoms. The lowest BCUT2D eigenvalue weighted by atomic mass is 9.41. The number of amides is 1. The van der Waals surface area contributed by atoms with Crippen molar-refractivity contribution in [2.24, 2.45) is 50.7 Å². The highest BCUT2D eigenvalue weighted by Gasteiger charge is 2.84. The lowest BCUT2D eigenvalue weighted by molar-refractivity contribution is -0.245. The summed E-state index contributed by atoms with van der Waals surface area (Å²) in [5.74, 6) is 1.12. The van der Waals surface area contributed by atoms with Gasteiger partial charge in [0.1, 0.15) is 0 Å². The highest BCUT2D eigenvalue weighted by atomic mass is 16.7. The van der Waals surface area contributed by atoms with E-state index in [0.29, 0.717) is 43.7 Å². The number of hydrogen-bond donors (Lipinski definition) is 2. The SMILES string of the molecule is CC(=O)OC(C1C[C@@H](C)[C@H]2C(O1)[C@H](O)[C@@]1(C)C3CC[C@H]4C(C)(C)C(O[C@H]5CN(C(=O)c6ccco6)CCO5)CCC45CC35CCC21C)C(C)(C)O. The zero-order valence-electron chi connectivity index (χ0n) is 32.0. The Morgan fingerprint density at radius 1 is 1.06 bits per heavy atom. The summed E-state index contributed by atoms with van der Waals surface area (Å²) in [6.07, 6.45) is 7.21. The van der Waals surface area contributed by atoms with E-state index < -0.39 is 36.2 Å². The summed E-state index contributed by atoms with van der Waals surface area (Å²) in [6.45, 7) is 18.0. The fraction of sp³-hybridized carbons (Fsp3) is 0.854. The van der Waals surface area contributed by atoms with Crippen LogP contribution in [0.5, 0.6) is 0 Å². The Kier molecular flexibility index (Phi) is 8.30. The van der Waals surface area contributed by atoms with Crippen molar-refractivity contribution in [2.45, 2.75) is 149 Å². The standard InChI is InChI=1S/C41H61NO9/c1-23-20-26(34(37(5,6)46)49-24(2)43)50-32-31(23)38(7)15-16-41-22-40(41)14-13-29(36(3,4)27(40)11-12-28(41)39(38,8)33(32)44)51-30-21-42(17-19-48-30)35(45)25-10-9-18-47-25/h9-10,18,23,26-34,44,46H,11-17,19-22H2,1-8H3/t23-,26?,27+,28?,29?,30+,31+,32?,33+,34?,38?,39-,40?,41?/m1/s1. The third-order valence-corrected chi connectivity index (χ3v) is 16.5. The van der Waals surface area contributed by atoms with Crippen LogP contribution in [0.3, 0.4) is 0 Å². The average molecular weight is 712 g/mol. The first-order valence-corrected chi connectivity index (χ1v) is 19.7. The Bertz CT molecular complexity index is 1520. The van der Waals surface area contributed by atoms with E-state index in [1.165, 1.54) is 26.0 Å². The summed E-state index contributed by atoms with van der Waals surface area (Å²) in [7, 11) is 0. The molecule has 51 heavy (non-hydrogen) atoms. The van der Waals surface area contributed by atoms with Gasteiger partial charge in [-0.2, -0.15) is 0 Å². The molecular weight excluding hydrogens is 650 g/mol. The number of carbonyl (C=O) groups is 2. The van der Waals surface area contributed by atoms with Crippen molar-refractivity contribution in [3.63, 3.8) is 0 Å². The third kappa shape index (κ3) is 4.97. The molecule has 1 aromatic heterocycles. The van der Waals surface area contributed by atoms with E-state index in [1.807, 2.05) is 0 Å². The number of furan rings is 1. The van der Waals surface area contributed by atoms with Crippen LogP contribution in [0, 0.1) is 50.7 Å². The molecule has 8 rings (SSSR count). The van der Waals surface area contributed by atoms with Gasteiger partial charge in [-0.05, 0) is 123 Å². The second-order valence-electron chi connectivity index (χ2n) is 19.4. The predicted octanol–water partition coefficient (Wildman–Crippen LogP) is 5.98. The molecule has 14 atom stereocenters. The van der Waals surface area contributed by atoms with E-state index in [0.717, 1.165) is 32.1 Å². The van der Waals surface area contributed by atoms with E-state index in [4.69, 9.17) is 23.4 Å². The molecule has 8 unspecified atom stereocenters. The zero-order valence-corrected chi connectivity index (χ0v) is 32.0. The average Bonchev–Trinajstić information content (AvgIpc) is 3.32. The van der Waals surface area contributed by atoms with E-state index >= 15 is 0 Å². The highest BCUT2D eigenvalue weighted by molar-refractivity contribution is 5.91. The molecule has 284 valence electrons. The van der Waals surface area contributed by atoms with Crippen molar-refractivity contribution in [2.75, 3.05) is 19.7 Å². The van der Waals surface area contributed by atoms with Crippen molar-refractivity contribution in [3.05, 3.63) is 24.2 Å². The number of aliphatic hydroxyl groups excluding tert-OH is 1. The summed E-state index contributed by atoms with van der Waals surface area (Å²) in [6, 6.07) is 3.44. The number of morpholine rings is 1. The molecule has 5 aliphatic carbocycles. The minimum Gasteiger partial charge on any atom is -0.459 e. The quantitative estimate of drug-likeness (QED) is 0.343. The predicted molar refractivity (Wildman–Crippen MR) is 187 cm³/mol. The number of ether oxygens (including phenoxy) is 4. The van der Waals surface area contributed by atoms with Crippen molar-refractivity contribution < 1.29 is 43.2 Å². The van der Waals surface area contributed by atoms with Crippen LogP contribution in [0.25, 0.3) is 0 Å². The van der Waals surface area contributed by atoms with Gasteiger partial charge in [0.05, 0.1) is 49.4 Å². The first-order chi connectivity index (χ1) is 23.9. The molecule has 2 aliphatic heterocycles. The molecule has 7 aliphatic rings. The number of rotatable bonds is 6. The number of esters is 1. The van der Waals surface area contributed by atoms with Crippen LogP contribution in [0.15, 0.2) is 22.8 Å². The third-order valence-electron chi connectivity index (χ3n) is 16.5. The topological polar surface area (TPSA) is 128 Å². The number of nitrogens with zero attached hydrogens (tertiary/aromatic N) is 1. The molecule has 2 saturated heterocycles. The minimum absolute atomic E-state index is 0.0301. The van der Waals surface area contributed by atoms with Gasteiger partial charge in [0.25, 0.3) is 5.91 Å². The van der Waals surface area contributed by atoms with Gasteiger partial charge in [0, 0.05) is 18.9 Å². The molecule has 1 amide bonds. The first-order valence-electron chi connectivity index (χ1n) is 19.7. The Hall–Kier alpha value is -1.98. The summed E-state index contributed by atoms with van der Waals surface area (Å²) in [4.78, 5) is 26.9. The van der Waals surface area contributed by atoms with Crippen molar-refractivity contribution in [1.82, 2.24) is 4.90 Å². The second kappa shape index (κ2) is 11.8. The van der Waals surface area contributed by atoms with Crippen molar-refractivity contribution >= 4 is 11.9 Å². The normalized spacial score (nSPS) is 47.6. The van der Waals surface area contributed by atoms with Crippen molar-refractivity contribution in [1.29, 1.82) is 0 Å². The maximum atomic E-state index is 13.0. The largest absolute Gasteiger partial charge is 0.459 e. The molecular formula is C41H61NO9. The van der Waals surface area contributed by atoms with Gasteiger partial charge in [-0.15, -0.1) is 0 Å². The van der Waals surface area contributed by atoms with E-state index in [-0.39, 0.29) is 57.0 Å². The van der Waals surface area contributed by atoms with Crippen LogP contribution in [0.1, 0.15) is 117 Å². The maximum Gasteiger partial charge on any atom is 0.303 e. The number of carbonyl (C=O) groups excluding carboxylic acids is 2. The van der Waals surface area contributed by atoms with Gasteiger partial charge in [-0.3, -0.25) is 9.59 Å². The van der Waals surface area contributed by atoms with E-state index in [9.17, 15) is 19.8 Å². The van der Waals surface area contributed by atoms with Crippen LogP contribution in [0.4, 0.5) is 0 Å². The molecule has 0 radical (unpaired) electrons. The Labute approximate surface area is 303 Å². The molecule has 7 fully saturated rings. The molecule has 1 aromatic rings. The summed E-state index contributed by atoms with van der Waals surface area (Å²) >= 11 is 0. The van der Waals surface area contributed by atoms with Crippen LogP contribution in [-0.2, 0) is 23.7 Å². The number of fused-ring (bicyclic) bond motifs is 4. The van der Waals surface area contributed by atoms with Crippen LogP contribution >= 0.6 is 0 Å². The van der Waals surface area contributed by atoms with Gasteiger partial charge < -0.3 is 38.5 Å². The van der Waals surface area contributed by atoms with Gasteiger partial charge in [-0.1, -0.05) is 34.6 Å². The molecule has 2 N–H and O–H groups in total. The lowest BCUT2D eigenvalue weighted by Crippen LogP contribution is -2.60. The monoisotopic (exact) mass is 711 g/mol. The molecule has 5 saturated carbocycles. The Morgan fingerprint density at radius 2 is 1.78 bits per heavy atom. The summed E-state index contributed by atoms with van der Waals surface area (Å²) in [5, 5.41) is 23.6. The summed E-state index contributed by atoms with van der Waals surface area (Å²) < 4.78 is 30.8.